The number of halogens is 2. The van der Waals surface area contributed by atoms with E-state index in [2.05, 4.69) is 22.7 Å². The third kappa shape index (κ3) is 4.33. The number of hydrogen-bond donors (Lipinski definition) is 2. The molecule has 0 radical (unpaired) electrons. The quantitative estimate of drug-likeness (QED) is 0.514. The maximum Gasteiger partial charge on any atom is 0.270 e. The topological polar surface area (TPSA) is 50.4 Å². The molecule has 3 N–H and O–H groups in total. The van der Waals surface area contributed by atoms with Gasteiger partial charge in [-0.3, -0.25) is 5.43 Å². The van der Waals surface area contributed by atoms with Crippen molar-refractivity contribution in [2.45, 2.75) is 12.8 Å². The summed E-state index contributed by atoms with van der Waals surface area (Å²) < 4.78 is 26.4. The number of rotatable bonds is 4. The molecule has 0 saturated heterocycles. The smallest absolute Gasteiger partial charge is 0.270 e. The van der Waals surface area contributed by atoms with E-state index in [4.69, 9.17) is 5.73 Å². The highest BCUT2D eigenvalue weighted by Gasteiger charge is 2.23. The van der Waals surface area contributed by atoms with Crippen LogP contribution in [0, 0.1) is 0 Å². The molecule has 2 aromatic carbocycles. The second-order valence-electron chi connectivity index (χ2n) is 4.82. The van der Waals surface area contributed by atoms with Crippen molar-refractivity contribution in [3.63, 3.8) is 0 Å². The largest absolute Gasteiger partial charge is 0.375 e. The summed E-state index contributed by atoms with van der Waals surface area (Å²) in [7, 11) is 0. The molecule has 0 aliphatic carbocycles. The summed E-state index contributed by atoms with van der Waals surface area (Å²) in [5.74, 6) is -2.82. The van der Waals surface area contributed by atoms with Crippen LogP contribution in [-0.2, 0) is 5.92 Å². The fourth-order valence-corrected chi connectivity index (χ4v) is 1.94. The minimum absolute atomic E-state index is 0.00355. The van der Waals surface area contributed by atoms with E-state index in [-0.39, 0.29) is 10.7 Å². The molecule has 0 amide bonds. The molecule has 0 aromatic heterocycles. The average molecular weight is 319 g/mol. The number of nitrogens with zero attached hydrogens (tertiary/aromatic N) is 1. The van der Waals surface area contributed by atoms with Crippen LogP contribution in [0.2, 0.25) is 0 Å². The first kappa shape index (κ1) is 16.0. The van der Waals surface area contributed by atoms with Gasteiger partial charge in [0.1, 0.15) is 0 Å². The number of hydrazone groups is 1. The van der Waals surface area contributed by atoms with Gasteiger partial charge in [0.05, 0.1) is 6.21 Å². The van der Waals surface area contributed by atoms with Gasteiger partial charge < -0.3 is 5.73 Å². The summed E-state index contributed by atoms with van der Waals surface area (Å²) in [5.41, 5.74) is 10.4. The molecule has 6 heteroatoms. The average Bonchev–Trinajstić information content (AvgIpc) is 2.47. The van der Waals surface area contributed by atoms with Gasteiger partial charge in [-0.05, 0) is 28.9 Å². The third-order valence-corrected chi connectivity index (χ3v) is 3.12. The molecule has 0 aliphatic rings. The van der Waals surface area contributed by atoms with Crippen LogP contribution in [0.1, 0.15) is 18.1 Å². The molecule has 0 bridgehead atoms. The summed E-state index contributed by atoms with van der Waals surface area (Å²) in [5, 5.41) is 3.96. The summed E-state index contributed by atoms with van der Waals surface area (Å²) >= 11 is 4.63. The Morgan fingerprint density at radius 3 is 2.05 bits per heavy atom. The molecular formula is C16H15F2N3S. The molecule has 0 saturated carbocycles. The first-order valence-electron chi connectivity index (χ1n) is 6.53. The van der Waals surface area contributed by atoms with Gasteiger partial charge in [0.25, 0.3) is 5.92 Å². The molecule has 3 nitrogen and oxygen atoms in total. The molecule has 2 rings (SSSR count). The first-order chi connectivity index (χ1) is 10.4. The number of alkyl halides is 2. The van der Waals surface area contributed by atoms with Crippen LogP contribution >= 0.6 is 12.2 Å². The fraction of sp³-hybridized carbons (Fsp3) is 0.125. The predicted octanol–water partition coefficient (Wildman–Crippen LogP) is 3.63. The Balaban J connectivity index is 2.13. The van der Waals surface area contributed by atoms with E-state index in [0.29, 0.717) is 0 Å². The lowest BCUT2D eigenvalue weighted by molar-refractivity contribution is 0.0175. The Morgan fingerprint density at radius 2 is 1.59 bits per heavy atom. The normalized spacial score (nSPS) is 11.6. The van der Waals surface area contributed by atoms with Gasteiger partial charge in [-0.1, -0.05) is 48.5 Å². The van der Waals surface area contributed by atoms with E-state index in [9.17, 15) is 8.78 Å². The van der Waals surface area contributed by atoms with E-state index < -0.39 is 5.92 Å². The zero-order valence-electron chi connectivity index (χ0n) is 11.9. The van der Waals surface area contributed by atoms with Crippen molar-refractivity contribution in [1.82, 2.24) is 5.43 Å². The molecule has 0 atom stereocenters. The Kier molecular flexibility index (Phi) is 4.82. The molecule has 0 heterocycles. The Hall–Kier alpha value is -2.34. The Bertz CT molecular complexity index is 674. The fourth-order valence-electron chi connectivity index (χ4n) is 1.89. The van der Waals surface area contributed by atoms with E-state index in [1.807, 2.05) is 24.3 Å². The highest BCUT2D eigenvalue weighted by molar-refractivity contribution is 7.80. The number of benzene rings is 2. The molecular weight excluding hydrogens is 304 g/mol. The summed E-state index contributed by atoms with van der Waals surface area (Å²) in [6, 6.07) is 13.8. The first-order valence-corrected chi connectivity index (χ1v) is 6.94. The van der Waals surface area contributed by atoms with E-state index in [1.54, 1.807) is 18.3 Å². The van der Waals surface area contributed by atoms with Gasteiger partial charge in [-0.25, -0.2) is 8.78 Å². The number of hydrogen-bond acceptors (Lipinski definition) is 2. The third-order valence-electron chi connectivity index (χ3n) is 3.02. The van der Waals surface area contributed by atoms with Gasteiger partial charge in [0.15, 0.2) is 5.11 Å². The second kappa shape index (κ2) is 6.62. The molecule has 0 spiro atoms. The summed E-state index contributed by atoms with van der Waals surface area (Å²) in [6.07, 6.45) is 1.59. The van der Waals surface area contributed by atoms with Crippen LogP contribution in [0.3, 0.4) is 0 Å². The molecule has 114 valence electrons. The molecule has 22 heavy (non-hydrogen) atoms. The van der Waals surface area contributed by atoms with Crippen molar-refractivity contribution in [2.75, 3.05) is 0 Å². The number of nitrogens with two attached hydrogens (primary N) is 1. The van der Waals surface area contributed by atoms with Crippen LogP contribution in [0.15, 0.2) is 53.6 Å². The highest BCUT2D eigenvalue weighted by atomic mass is 32.1. The van der Waals surface area contributed by atoms with Crippen LogP contribution in [0.5, 0.6) is 0 Å². The Labute approximate surface area is 132 Å². The van der Waals surface area contributed by atoms with Gasteiger partial charge in [0, 0.05) is 12.5 Å². The predicted molar refractivity (Wildman–Crippen MR) is 89.0 cm³/mol. The SMILES string of the molecule is CC(F)(F)c1ccc(-c2ccc(/C=N/NC(N)=S)cc2)cc1. The van der Waals surface area contributed by atoms with Gasteiger partial charge in [0.2, 0.25) is 0 Å². The summed E-state index contributed by atoms with van der Waals surface area (Å²) in [6.45, 7) is 0.886. The van der Waals surface area contributed by atoms with Crippen molar-refractivity contribution in [3.8, 4) is 11.1 Å². The minimum Gasteiger partial charge on any atom is -0.375 e. The van der Waals surface area contributed by atoms with Crippen LogP contribution in [-0.4, -0.2) is 11.3 Å². The van der Waals surface area contributed by atoms with Gasteiger partial charge in [-0.2, -0.15) is 5.10 Å². The zero-order chi connectivity index (χ0) is 16.2. The minimum atomic E-state index is -2.82. The van der Waals surface area contributed by atoms with E-state index in [0.717, 1.165) is 23.6 Å². The van der Waals surface area contributed by atoms with Gasteiger partial charge >= 0.3 is 0 Å². The van der Waals surface area contributed by atoms with Crippen LogP contribution in [0.4, 0.5) is 8.78 Å². The lowest BCUT2D eigenvalue weighted by Gasteiger charge is -2.11. The van der Waals surface area contributed by atoms with Crippen molar-refractivity contribution < 1.29 is 8.78 Å². The standard InChI is InChI=1S/C16H15F2N3S/c1-16(17,18)14-8-6-13(7-9-14)12-4-2-11(3-5-12)10-20-21-15(19)22/h2-10H,1H3,(H3,19,21,22)/b20-10+. The maximum absolute atomic E-state index is 13.2. The molecule has 2 aromatic rings. The second-order valence-corrected chi connectivity index (χ2v) is 5.26. The van der Waals surface area contributed by atoms with E-state index >= 15 is 0 Å². The van der Waals surface area contributed by atoms with E-state index in [1.165, 1.54) is 12.1 Å². The highest BCUT2D eigenvalue weighted by Crippen LogP contribution is 2.29. The van der Waals surface area contributed by atoms with Crippen molar-refractivity contribution in [2.24, 2.45) is 10.8 Å². The number of thiocarbonyl (C=S) groups is 1. The Morgan fingerprint density at radius 1 is 1.09 bits per heavy atom. The molecule has 0 fully saturated rings. The maximum atomic E-state index is 13.2. The zero-order valence-corrected chi connectivity index (χ0v) is 12.7. The monoisotopic (exact) mass is 319 g/mol. The van der Waals surface area contributed by atoms with Crippen molar-refractivity contribution in [1.29, 1.82) is 0 Å². The summed E-state index contributed by atoms with van der Waals surface area (Å²) in [4.78, 5) is 0. The number of nitrogens with one attached hydrogen (secondary N) is 1. The molecule has 0 unspecified atom stereocenters. The van der Waals surface area contributed by atoms with Crippen LogP contribution < -0.4 is 11.2 Å². The van der Waals surface area contributed by atoms with Crippen molar-refractivity contribution >= 4 is 23.5 Å². The molecule has 0 aliphatic heterocycles. The van der Waals surface area contributed by atoms with Gasteiger partial charge in [-0.15, -0.1) is 0 Å². The lowest BCUT2D eigenvalue weighted by atomic mass is 10.0. The van der Waals surface area contributed by atoms with Crippen LogP contribution in [0.25, 0.3) is 11.1 Å². The lowest BCUT2D eigenvalue weighted by Crippen LogP contribution is -2.23. The van der Waals surface area contributed by atoms with Crippen molar-refractivity contribution in [3.05, 3.63) is 59.7 Å².